The van der Waals surface area contributed by atoms with Gasteiger partial charge in [-0.05, 0) is 0 Å². The second-order valence-electron chi connectivity index (χ2n) is 1.61. The van der Waals surface area contributed by atoms with E-state index in [1.807, 2.05) is 0 Å². The van der Waals surface area contributed by atoms with Crippen molar-refractivity contribution in [2.24, 2.45) is 5.90 Å². The zero-order valence-corrected chi connectivity index (χ0v) is 4.91. The van der Waals surface area contributed by atoms with Crippen molar-refractivity contribution in [1.82, 2.24) is 5.16 Å². The van der Waals surface area contributed by atoms with Gasteiger partial charge in [0, 0.05) is 12.5 Å². The van der Waals surface area contributed by atoms with Crippen LogP contribution in [0.5, 0.6) is 0 Å². The lowest BCUT2D eigenvalue weighted by atomic mass is 10.3. The normalized spacial score (nSPS) is 9.89. The first kappa shape index (κ1) is 6.25. The molecule has 0 aliphatic heterocycles. The van der Waals surface area contributed by atoms with E-state index in [0.717, 1.165) is 5.69 Å². The lowest BCUT2D eigenvalue weighted by Crippen LogP contribution is -2.03. The summed E-state index contributed by atoms with van der Waals surface area (Å²) in [6, 6.07) is 1.78. The molecule has 0 atom stereocenters. The fourth-order valence-electron chi connectivity index (χ4n) is 0.530. The lowest BCUT2D eigenvalue weighted by Gasteiger charge is -1.89. The Morgan fingerprint density at radius 2 is 2.67 bits per heavy atom. The molecule has 0 spiro atoms. The van der Waals surface area contributed by atoms with Crippen molar-refractivity contribution in [1.29, 1.82) is 0 Å². The standard InChI is InChI=1S/C5H8N2O2/c6-8-3-1-5-2-4-9-7-5/h2,4H,1,3,6H2. The molecular weight excluding hydrogens is 120 g/mol. The molecule has 0 radical (unpaired) electrons. The number of rotatable bonds is 3. The average molecular weight is 128 g/mol. The van der Waals surface area contributed by atoms with E-state index >= 15 is 0 Å². The number of nitrogens with two attached hydrogens (primary N) is 1. The highest BCUT2D eigenvalue weighted by molar-refractivity contribution is 4.94. The molecule has 0 amide bonds. The molecule has 4 nitrogen and oxygen atoms in total. The molecule has 0 aromatic carbocycles. The lowest BCUT2D eigenvalue weighted by molar-refractivity contribution is 0.140. The van der Waals surface area contributed by atoms with Crippen molar-refractivity contribution in [2.75, 3.05) is 6.61 Å². The van der Waals surface area contributed by atoms with E-state index in [4.69, 9.17) is 5.90 Å². The highest BCUT2D eigenvalue weighted by atomic mass is 16.6. The number of hydrogen-bond acceptors (Lipinski definition) is 4. The predicted octanol–water partition coefficient (Wildman–Crippen LogP) is 0.107. The van der Waals surface area contributed by atoms with Crippen LogP contribution in [0.1, 0.15) is 5.69 Å². The Kier molecular flexibility index (Phi) is 2.23. The second-order valence-corrected chi connectivity index (χ2v) is 1.61. The topological polar surface area (TPSA) is 61.3 Å². The molecule has 0 saturated heterocycles. The predicted molar refractivity (Wildman–Crippen MR) is 30.3 cm³/mol. The van der Waals surface area contributed by atoms with E-state index in [0.29, 0.717) is 13.0 Å². The van der Waals surface area contributed by atoms with Crippen molar-refractivity contribution >= 4 is 0 Å². The fraction of sp³-hybridized carbons (Fsp3) is 0.400. The van der Waals surface area contributed by atoms with Gasteiger partial charge >= 0.3 is 0 Å². The van der Waals surface area contributed by atoms with Gasteiger partial charge in [0.2, 0.25) is 0 Å². The first-order chi connectivity index (χ1) is 4.43. The van der Waals surface area contributed by atoms with Crippen LogP contribution in [0.25, 0.3) is 0 Å². The van der Waals surface area contributed by atoms with Gasteiger partial charge in [0.05, 0.1) is 12.3 Å². The van der Waals surface area contributed by atoms with Gasteiger partial charge in [0.15, 0.2) is 0 Å². The van der Waals surface area contributed by atoms with Crippen LogP contribution in [0.15, 0.2) is 16.9 Å². The van der Waals surface area contributed by atoms with Crippen LogP contribution in [0, 0.1) is 0 Å². The molecule has 2 N–H and O–H groups in total. The molecule has 0 unspecified atom stereocenters. The van der Waals surface area contributed by atoms with Crippen molar-refractivity contribution in [3.63, 3.8) is 0 Å². The molecule has 1 aromatic rings. The highest BCUT2D eigenvalue weighted by Crippen LogP contribution is 1.93. The van der Waals surface area contributed by atoms with E-state index < -0.39 is 0 Å². The van der Waals surface area contributed by atoms with E-state index in [2.05, 4.69) is 14.5 Å². The van der Waals surface area contributed by atoms with Gasteiger partial charge < -0.3 is 9.36 Å². The van der Waals surface area contributed by atoms with Crippen LogP contribution >= 0.6 is 0 Å². The van der Waals surface area contributed by atoms with Gasteiger partial charge in [-0.2, -0.15) is 0 Å². The Labute approximate surface area is 52.5 Å². The summed E-state index contributed by atoms with van der Waals surface area (Å²) < 4.78 is 4.57. The highest BCUT2D eigenvalue weighted by Gasteiger charge is 1.93. The minimum Gasteiger partial charge on any atom is -0.365 e. The Morgan fingerprint density at radius 1 is 1.78 bits per heavy atom. The summed E-state index contributed by atoms with van der Waals surface area (Å²) in [5, 5.41) is 3.64. The third-order valence-corrected chi connectivity index (χ3v) is 0.967. The van der Waals surface area contributed by atoms with E-state index in [9.17, 15) is 0 Å². The molecule has 1 heterocycles. The maximum Gasteiger partial charge on any atom is 0.124 e. The summed E-state index contributed by atoms with van der Waals surface area (Å²) >= 11 is 0. The number of aromatic nitrogens is 1. The minimum atomic E-state index is 0.479. The van der Waals surface area contributed by atoms with Crippen molar-refractivity contribution in [3.05, 3.63) is 18.0 Å². The molecule has 0 aliphatic carbocycles. The van der Waals surface area contributed by atoms with Gasteiger partial charge in [-0.1, -0.05) is 5.16 Å². The number of hydrogen-bond donors (Lipinski definition) is 1. The van der Waals surface area contributed by atoms with Gasteiger partial charge in [-0.15, -0.1) is 0 Å². The van der Waals surface area contributed by atoms with Gasteiger partial charge in [0.1, 0.15) is 6.26 Å². The van der Waals surface area contributed by atoms with Crippen LogP contribution in [0.2, 0.25) is 0 Å². The molecule has 0 saturated carbocycles. The van der Waals surface area contributed by atoms with Crippen molar-refractivity contribution in [3.8, 4) is 0 Å². The molecule has 1 rings (SSSR count). The van der Waals surface area contributed by atoms with Crippen LogP contribution in [0.4, 0.5) is 0 Å². The van der Waals surface area contributed by atoms with Crippen molar-refractivity contribution in [2.45, 2.75) is 6.42 Å². The third kappa shape index (κ3) is 1.83. The zero-order valence-electron chi connectivity index (χ0n) is 4.91. The van der Waals surface area contributed by atoms with E-state index in [1.165, 1.54) is 6.26 Å². The Morgan fingerprint density at radius 3 is 3.22 bits per heavy atom. The van der Waals surface area contributed by atoms with Gasteiger partial charge in [-0.3, -0.25) is 0 Å². The maximum absolute atomic E-state index is 4.79. The first-order valence-electron chi connectivity index (χ1n) is 2.64. The average Bonchev–Trinajstić information content (AvgIpc) is 2.34. The summed E-state index contributed by atoms with van der Waals surface area (Å²) in [5.41, 5.74) is 0.862. The third-order valence-electron chi connectivity index (χ3n) is 0.967. The van der Waals surface area contributed by atoms with Crippen LogP contribution in [-0.2, 0) is 11.3 Å². The van der Waals surface area contributed by atoms with Gasteiger partial charge in [-0.25, -0.2) is 5.90 Å². The largest absolute Gasteiger partial charge is 0.365 e. The molecular formula is C5H8N2O2. The maximum atomic E-state index is 4.79. The summed E-state index contributed by atoms with van der Waals surface area (Å²) in [5.74, 6) is 4.79. The second kappa shape index (κ2) is 3.21. The fourth-order valence-corrected chi connectivity index (χ4v) is 0.530. The molecule has 0 fully saturated rings. The summed E-state index contributed by atoms with van der Waals surface area (Å²) in [6.45, 7) is 0.479. The monoisotopic (exact) mass is 128 g/mol. The summed E-state index contributed by atoms with van der Waals surface area (Å²) in [7, 11) is 0. The van der Waals surface area contributed by atoms with Crippen molar-refractivity contribution < 1.29 is 9.36 Å². The Bertz CT molecular complexity index is 150. The Hall–Kier alpha value is -0.870. The molecule has 1 aromatic heterocycles. The Balaban J connectivity index is 2.30. The molecule has 0 aliphatic rings. The summed E-state index contributed by atoms with van der Waals surface area (Å²) in [4.78, 5) is 4.33. The SMILES string of the molecule is NOCCc1ccon1. The molecule has 0 bridgehead atoms. The minimum absolute atomic E-state index is 0.479. The van der Waals surface area contributed by atoms with Crippen LogP contribution in [0.3, 0.4) is 0 Å². The smallest absolute Gasteiger partial charge is 0.124 e. The first-order valence-corrected chi connectivity index (χ1v) is 2.64. The van der Waals surface area contributed by atoms with E-state index in [1.54, 1.807) is 6.07 Å². The molecule has 9 heavy (non-hydrogen) atoms. The quantitative estimate of drug-likeness (QED) is 0.587. The number of nitrogens with zero attached hydrogens (tertiary/aromatic N) is 1. The zero-order chi connectivity index (χ0) is 6.53. The van der Waals surface area contributed by atoms with Gasteiger partial charge in [0.25, 0.3) is 0 Å². The van der Waals surface area contributed by atoms with Crippen LogP contribution < -0.4 is 5.90 Å². The molecule has 50 valence electrons. The van der Waals surface area contributed by atoms with Crippen LogP contribution in [-0.4, -0.2) is 11.8 Å². The molecule has 4 heteroatoms. The van der Waals surface area contributed by atoms with E-state index in [-0.39, 0.29) is 0 Å². The summed E-state index contributed by atoms with van der Waals surface area (Å²) in [6.07, 6.45) is 2.22.